The molecule has 0 spiro atoms. The number of hydrogen-bond acceptors (Lipinski definition) is 2. The van der Waals surface area contributed by atoms with Gasteiger partial charge >= 0.3 is 0 Å². The molecule has 0 amide bonds. The molecule has 1 unspecified atom stereocenters. The zero-order chi connectivity index (χ0) is 11.1. The van der Waals surface area contributed by atoms with Crippen molar-refractivity contribution in [2.24, 2.45) is 0 Å². The van der Waals surface area contributed by atoms with E-state index in [0.29, 0.717) is 0 Å². The molecule has 2 nitrogen and oxygen atoms in total. The summed E-state index contributed by atoms with van der Waals surface area (Å²) in [4.78, 5) is 2.72. The van der Waals surface area contributed by atoms with Crippen LogP contribution in [0.3, 0.4) is 0 Å². The molecule has 0 aromatic heterocycles. The molecule has 90 valence electrons. The molecule has 15 heavy (non-hydrogen) atoms. The van der Waals surface area contributed by atoms with Crippen molar-refractivity contribution < 1.29 is 0 Å². The lowest BCUT2D eigenvalue weighted by Crippen LogP contribution is -2.47. The Morgan fingerprint density at radius 2 is 1.67 bits per heavy atom. The van der Waals surface area contributed by atoms with Gasteiger partial charge in [-0.1, -0.05) is 26.7 Å². The summed E-state index contributed by atoms with van der Waals surface area (Å²) in [6.07, 6.45) is 8.60. The van der Waals surface area contributed by atoms with Gasteiger partial charge in [0.1, 0.15) is 0 Å². The van der Waals surface area contributed by atoms with Crippen molar-refractivity contribution in [2.45, 2.75) is 64.5 Å². The first kappa shape index (κ1) is 13.0. The minimum Gasteiger partial charge on any atom is -0.316 e. The van der Waals surface area contributed by atoms with Crippen molar-refractivity contribution in [1.82, 2.24) is 10.2 Å². The molecule has 1 aliphatic heterocycles. The summed E-state index contributed by atoms with van der Waals surface area (Å²) in [7, 11) is 2.10. The predicted octanol–water partition coefficient (Wildman–Crippen LogP) is 2.64. The molecule has 0 aromatic carbocycles. The van der Waals surface area contributed by atoms with Crippen molar-refractivity contribution in [3.63, 3.8) is 0 Å². The first-order valence-electron chi connectivity index (χ1n) is 6.81. The molecule has 2 rings (SSSR count). The number of likely N-dealkylation sites (tertiary alicyclic amines) is 1. The lowest BCUT2D eigenvalue weighted by molar-refractivity contribution is 0.141. The largest absolute Gasteiger partial charge is 0.316 e. The van der Waals surface area contributed by atoms with E-state index in [1.165, 1.54) is 51.6 Å². The minimum absolute atomic E-state index is 0.759. The van der Waals surface area contributed by atoms with E-state index < -0.39 is 0 Å². The molecule has 1 atom stereocenters. The molecular weight excluding hydrogens is 184 g/mol. The van der Waals surface area contributed by atoms with E-state index in [1.807, 2.05) is 13.8 Å². The van der Waals surface area contributed by atoms with E-state index in [1.54, 1.807) is 0 Å². The van der Waals surface area contributed by atoms with Crippen LogP contribution < -0.4 is 5.32 Å². The van der Waals surface area contributed by atoms with E-state index in [-0.39, 0.29) is 0 Å². The minimum atomic E-state index is 0.759. The van der Waals surface area contributed by atoms with Crippen LogP contribution in [0.15, 0.2) is 0 Å². The molecule has 1 saturated carbocycles. The quantitative estimate of drug-likeness (QED) is 0.757. The van der Waals surface area contributed by atoms with E-state index in [4.69, 9.17) is 0 Å². The number of nitrogens with zero attached hydrogens (tertiary/aromatic N) is 1. The average molecular weight is 212 g/mol. The zero-order valence-electron chi connectivity index (χ0n) is 10.8. The fourth-order valence-corrected chi connectivity index (χ4v) is 2.84. The molecule has 1 saturated heterocycles. The van der Waals surface area contributed by atoms with Gasteiger partial charge in [0.25, 0.3) is 0 Å². The second-order valence-corrected chi connectivity index (χ2v) is 4.56. The van der Waals surface area contributed by atoms with Crippen molar-refractivity contribution in [3.8, 4) is 0 Å². The Morgan fingerprint density at radius 1 is 1.00 bits per heavy atom. The Morgan fingerprint density at radius 3 is 2.27 bits per heavy atom. The second kappa shape index (κ2) is 7.24. The van der Waals surface area contributed by atoms with Crippen LogP contribution in [-0.4, -0.2) is 37.1 Å². The van der Waals surface area contributed by atoms with Crippen LogP contribution in [0.5, 0.6) is 0 Å². The second-order valence-electron chi connectivity index (χ2n) is 4.56. The Hall–Kier alpha value is -0.0800. The summed E-state index contributed by atoms with van der Waals surface area (Å²) >= 11 is 0. The average Bonchev–Trinajstić information content (AvgIpc) is 2.85. The highest BCUT2D eigenvalue weighted by atomic mass is 15.2. The first-order valence-corrected chi connectivity index (χ1v) is 6.81. The topological polar surface area (TPSA) is 15.3 Å². The van der Waals surface area contributed by atoms with E-state index >= 15 is 0 Å². The molecular formula is C13H28N2. The van der Waals surface area contributed by atoms with Gasteiger partial charge in [-0.3, -0.25) is 4.90 Å². The normalized spacial score (nSPS) is 28.6. The fourth-order valence-electron chi connectivity index (χ4n) is 2.84. The van der Waals surface area contributed by atoms with Crippen LogP contribution in [-0.2, 0) is 0 Å². The van der Waals surface area contributed by atoms with Crippen molar-refractivity contribution in [2.75, 3.05) is 20.1 Å². The highest BCUT2D eigenvalue weighted by molar-refractivity contribution is 4.84. The van der Waals surface area contributed by atoms with Crippen LogP contribution in [0.1, 0.15) is 52.4 Å². The SMILES string of the molecule is CC.CNC1CCCN(C2CCCC2)C1. The molecule has 0 radical (unpaired) electrons. The molecule has 2 heteroatoms. The standard InChI is InChI=1S/C11H22N2.C2H6/c1-12-10-5-4-8-13(9-10)11-6-2-3-7-11;1-2/h10-12H,2-9H2,1H3;1-2H3. The smallest absolute Gasteiger partial charge is 0.0192 e. The van der Waals surface area contributed by atoms with Gasteiger partial charge in [-0.25, -0.2) is 0 Å². The van der Waals surface area contributed by atoms with E-state index in [9.17, 15) is 0 Å². The Kier molecular flexibility index (Phi) is 6.26. The third-order valence-electron chi connectivity index (χ3n) is 3.70. The van der Waals surface area contributed by atoms with Crippen molar-refractivity contribution >= 4 is 0 Å². The van der Waals surface area contributed by atoms with E-state index in [2.05, 4.69) is 17.3 Å². The third-order valence-corrected chi connectivity index (χ3v) is 3.70. The lowest BCUT2D eigenvalue weighted by Gasteiger charge is -2.36. The summed E-state index contributed by atoms with van der Waals surface area (Å²) in [5, 5.41) is 3.42. The fraction of sp³-hybridized carbons (Fsp3) is 1.00. The maximum absolute atomic E-state index is 3.42. The van der Waals surface area contributed by atoms with Crippen LogP contribution >= 0.6 is 0 Å². The molecule has 0 bridgehead atoms. The summed E-state index contributed by atoms with van der Waals surface area (Å²) in [6, 6.07) is 1.69. The number of piperidine rings is 1. The molecule has 2 fully saturated rings. The Labute approximate surface area is 95.4 Å². The highest BCUT2D eigenvalue weighted by Gasteiger charge is 2.26. The number of rotatable bonds is 2. The van der Waals surface area contributed by atoms with Crippen LogP contribution in [0.4, 0.5) is 0 Å². The summed E-state index contributed by atoms with van der Waals surface area (Å²) in [6.45, 7) is 6.64. The van der Waals surface area contributed by atoms with Crippen LogP contribution in [0.2, 0.25) is 0 Å². The van der Waals surface area contributed by atoms with Gasteiger partial charge in [0.2, 0.25) is 0 Å². The monoisotopic (exact) mass is 212 g/mol. The van der Waals surface area contributed by atoms with Crippen molar-refractivity contribution in [1.29, 1.82) is 0 Å². The number of hydrogen-bond donors (Lipinski definition) is 1. The van der Waals surface area contributed by atoms with Crippen LogP contribution in [0, 0.1) is 0 Å². The maximum atomic E-state index is 3.42. The van der Waals surface area contributed by atoms with Gasteiger partial charge in [0, 0.05) is 18.6 Å². The number of likely N-dealkylation sites (N-methyl/N-ethyl adjacent to an activating group) is 1. The predicted molar refractivity (Wildman–Crippen MR) is 67.3 cm³/mol. The van der Waals surface area contributed by atoms with Crippen LogP contribution in [0.25, 0.3) is 0 Å². The zero-order valence-corrected chi connectivity index (χ0v) is 10.8. The van der Waals surface area contributed by atoms with Gasteiger partial charge in [0.05, 0.1) is 0 Å². The maximum Gasteiger partial charge on any atom is 0.0192 e. The van der Waals surface area contributed by atoms with Gasteiger partial charge in [-0.05, 0) is 39.3 Å². The Balaban J connectivity index is 0.000000531. The number of nitrogens with one attached hydrogen (secondary N) is 1. The van der Waals surface area contributed by atoms with Gasteiger partial charge < -0.3 is 5.32 Å². The van der Waals surface area contributed by atoms with Gasteiger partial charge in [-0.2, -0.15) is 0 Å². The molecule has 2 aliphatic rings. The molecule has 0 aromatic rings. The van der Waals surface area contributed by atoms with Gasteiger partial charge in [0.15, 0.2) is 0 Å². The first-order chi connectivity index (χ1) is 7.40. The summed E-state index contributed by atoms with van der Waals surface area (Å²) < 4.78 is 0. The van der Waals surface area contributed by atoms with E-state index in [0.717, 1.165) is 12.1 Å². The third kappa shape index (κ3) is 3.76. The molecule has 1 N–H and O–H groups in total. The summed E-state index contributed by atoms with van der Waals surface area (Å²) in [5.41, 5.74) is 0. The molecule has 1 heterocycles. The Bertz CT molecular complexity index is 153. The highest BCUT2D eigenvalue weighted by Crippen LogP contribution is 2.25. The van der Waals surface area contributed by atoms with Crippen molar-refractivity contribution in [3.05, 3.63) is 0 Å². The van der Waals surface area contributed by atoms with Gasteiger partial charge in [-0.15, -0.1) is 0 Å². The summed E-state index contributed by atoms with van der Waals surface area (Å²) in [5.74, 6) is 0. The molecule has 1 aliphatic carbocycles. The lowest BCUT2D eigenvalue weighted by atomic mass is 10.0.